The second-order valence-corrected chi connectivity index (χ2v) is 6.16. The van der Waals surface area contributed by atoms with Crippen LogP contribution in [0.2, 0.25) is 0 Å². The lowest BCUT2D eigenvalue weighted by Gasteiger charge is -2.21. The van der Waals surface area contributed by atoms with Crippen molar-refractivity contribution in [2.24, 2.45) is 5.92 Å². The maximum atomic E-state index is 11.9. The highest BCUT2D eigenvalue weighted by atomic mass is 32.2. The summed E-state index contributed by atoms with van der Waals surface area (Å²) in [5.41, 5.74) is 1.28. The van der Waals surface area contributed by atoms with Gasteiger partial charge in [0.1, 0.15) is 0 Å². The first kappa shape index (κ1) is 14.4. The molecule has 2 rings (SSSR count). The number of nitrogens with one attached hydrogen (secondary N) is 2. The molecule has 1 amide bonds. The van der Waals surface area contributed by atoms with Crippen LogP contribution in [0.1, 0.15) is 18.4 Å². The number of carbonyl (C=O) groups is 1. The van der Waals surface area contributed by atoms with Crippen molar-refractivity contribution in [2.45, 2.75) is 24.7 Å². The second-order valence-electron chi connectivity index (χ2n) is 5.00. The molecule has 0 saturated carbocycles. The van der Waals surface area contributed by atoms with Crippen LogP contribution in [0, 0.1) is 12.8 Å². The molecule has 0 radical (unpaired) electrons. The lowest BCUT2D eigenvalue weighted by Crippen LogP contribution is -2.41. The number of carbonyl (C=O) groups excluding carboxylic acids is 1. The fourth-order valence-corrected chi connectivity index (χ4v) is 2.97. The summed E-state index contributed by atoms with van der Waals surface area (Å²) in [5, 5.41) is 6.31. The van der Waals surface area contributed by atoms with E-state index in [-0.39, 0.29) is 11.8 Å². The number of hydrogen-bond donors (Lipinski definition) is 2. The van der Waals surface area contributed by atoms with Crippen molar-refractivity contribution in [3.63, 3.8) is 0 Å². The van der Waals surface area contributed by atoms with E-state index in [0.29, 0.717) is 0 Å². The molecule has 2 N–H and O–H groups in total. The standard InChI is InChI=1S/C15H22N2OS/c1-12-4-6-14(7-5-12)19-10-9-17-15(18)13-3-2-8-16-11-13/h4-7,13,16H,2-3,8-11H2,1H3,(H,17,18). The van der Waals surface area contributed by atoms with Crippen LogP contribution in [0.15, 0.2) is 29.2 Å². The second kappa shape index (κ2) is 7.56. The number of benzene rings is 1. The third-order valence-corrected chi connectivity index (χ3v) is 4.37. The van der Waals surface area contributed by atoms with Gasteiger partial charge in [0, 0.05) is 23.7 Å². The van der Waals surface area contributed by atoms with Crippen molar-refractivity contribution in [2.75, 3.05) is 25.4 Å². The zero-order chi connectivity index (χ0) is 13.5. The first-order valence-electron chi connectivity index (χ1n) is 6.93. The van der Waals surface area contributed by atoms with Crippen LogP contribution < -0.4 is 10.6 Å². The average molecular weight is 278 g/mol. The predicted molar refractivity (Wildman–Crippen MR) is 80.5 cm³/mol. The zero-order valence-corrected chi connectivity index (χ0v) is 12.3. The monoisotopic (exact) mass is 278 g/mol. The molecule has 1 aromatic carbocycles. The number of rotatable bonds is 5. The number of piperidine rings is 1. The van der Waals surface area contributed by atoms with Crippen molar-refractivity contribution in [1.82, 2.24) is 10.6 Å². The van der Waals surface area contributed by atoms with E-state index in [1.807, 2.05) is 0 Å². The summed E-state index contributed by atoms with van der Waals surface area (Å²) in [4.78, 5) is 13.2. The van der Waals surface area contributed by atoms with Gasteiger partial charge >= 0.3 is 0 Å². The highest BCUT2D eigenvalue weighted by Crippen LogP contribution is 2.17. The molecule has 1 saturated heterocycles. The van der Waals surface area contributed by atoms with E-state index in [4.69, 9.17) is 0 Å². The molecule has 0 aromatic heterocycles. The van der Waals surface area contributed by atoms with Gasteiger partial charge in [0.25, 0.3) is 0 Å². The Morgan fingerprint density at radius 3 is 2.89 bits per heavy atom. The lowest BCUT2D eigenvalue weighted by atomic mass is 9.99. The molecule has 1 heterocycles. The first-order chi connectivity index (χ1) is 9.25. The van der Waals surface area contributed by atoms with Gasteiger partial charge in [0.2, 0.25) is 5.91 Å². The third kappa shape index (κ3) is 4.88. The number of thioether (sulfide) groups is 1. The molecule has 3 nitrogen and oxygen atoms in total. The molecular formula is C15H22N2OS. The van der Waals surface area contributed by atoms with E-state index in [1.165, 1.54) is 10.5 Å². The minimum absolute atomic E-state index is 0.165. The summed E-state index contributed by atoms with van der Waals surface area (Å²) in [5.74, 6) is 1.30. The van der Waals surface area contributed by atoms with Gasteiger partial charge in [-0.1, -0.05) is 17.7 Å². The van der Waals surface area contributed by atoms with Crippen molar-refractivity contribution in [3.05, 3.63) is 29.8 Å². The summed E-state index contributed by atoms with van der Waals surface area (Å²) in [6.45, 7) is 4.71. The molecular weight excluding hydrogens is 256 g/mol. The van der Waals surface area contributed by atoms with Crippen LogP contribution in [-0.4, -0.2) is 31.3 Å². The largest absolute Gasteiger partial charge is 0.355 e. The van der Waals surface area contributed by atoms with Crippen LogP contribution in [-0.2, 0) is 4.79 Å². The third-order valence-electron chi connectivity index (χ3n) is 3.36. The Labute approximate surface area is 119 Å². The summed E-state index contributed by atoms with van der Waals surface area (Å²) >= 11 is 1.79. The van der Waals surface area contributed by atoms with Crippen LogP contribution in [0.3, 0.4) is 0 Å². The highest BCUT2D eigenvalue weighted by Gasteiger charge is 2.19. The maximum absolute atomic E-state index is 11.9. The highest BCUT2D eigenvalue weighted by molar-refractivity contribution is 7.99. The molecule has 1 fully saturated rings. The van der Waals surface area contributed by atoms with Crippen molar-refractivity contribution in [1.29, 1.82) is 0 Å². The van der Waals surface area contributed by atoms with Crippen molar-refractivity contribution >= 4 is 17.7 Å². The zero-order valence-electron chi connectivity index (χ0n) is 11.4. The van der Waals surface area contributed by atoms with E-state index < -0.39 is 0 Å². The average Bonchev–Trinajstić information content (AvgIpc) is 2.46. The van der Waals surface area contributed by atoms with Gasteiger partial charge in [0.05, 0.1) is 5.92 Å². The quantitative estimate of drug-likeness (QED) is 0.641. The lowest BCUT2D eigenvalue weighted by molar-refractivity contribution is -0.125. The van der Waals surface area contributed by atoms with Gasteiger partial charge in [-0.2, -0.15) is 0 Å². The maximum Gasteiger partial charge on any atom is 0.224 e. The molecule has 1 aliphatic heterocycles. The molecule has 19 heavy (non-hydrogen) atoms. The van der Waals surface area contributed by atoms with Gasteiger partial charge < -0.3 is 10.6 Å². The van der Waals surface area contributed by atoms with E-state index in [0.717, 1.165) is 38.2 Å². The molecule has 4 heteroatoms. The topological polar surface area (TPSA) is 41.1 Å². The van der Waals surface area contributed by atoms with Gasteiger partial charge in [-0.25, -0.2) is 0 Å². The smallest absolute Gasteiger partial charge is 0.224 e. The van der Waals surface area contributed by atoms with E-state index >= 15 is 0 Å². The molecule has 1 aromatic rings. The van der Waals surface area contributed by atoms with Crippen LogP contribution in [0.5, 0.6) is 0 Å². The Kier molecular flexibility index (Phi) is 5.73. The Balaban J connectivity index is 1.63. The SMILES string of the molecule is Cc1ccc(SCCNC(=O)C2CCCNC2)cc1. The van der Waals surface area contributed by atoms with Crippen LogP contribution in [0.4, 0.5) is 0 Å². The summed E-state index contributed by atoms with van der Waals surface area (Å²) in [6.07, 6.45) is 2.13. The van der Waals surface area contributed by atoms with Gasteiger partial charge in [0.15, 0.2) is 0 Å². The van der Waals surface area contributed by atoms with Gasteiger partial charge in [-0.05, 0) is 38.4 Å². The first-order valence-corrected chi connectivity index (χ1v) is 7.92. The van der Waals surface area contributed by atoms with Gasteiger partial charge in [-0.3, -0.25) is 4.79 Å². The molecule has 0 bridgehead atoms. The predicted octanol–water partition coefficient (Wildman–Crippen LogP) is 2.20. The Morgan fingerprint density at radius 2 is 2.21 bits per heavy atom. The minimum atomic E-state index is 0.165. The molecule has 1 aliphatic rings. The van der Waals surface area contributed by atoms with E-state index in [1.54, 1.807) is 11.8 Å². The molecule has 1 atom stereocenters. The van der Waals surface area contributed by atoms with Crippen LogP contribution >= 0.6 is 11.8 Å². The fourth-order valence-electron chi connectivity index (χ4n) is 2.20. The van der Waals surface area contributed by atoms with Crippen molar-refractivity contribution in [3.8, 4) is 0 Å². The summed E-state index contributed by atoms with van der Waals surface area (Å²) < 4.78 is 0. The summed E-state index contributed by atoms with van der Waals surface area (Å²) in [7, 11) is 0. The normalized spacial score (nSPS) is 19.1. The molecule has 1 unspecified atom stereocenters. The fraction of sp³-hybridized carbons (Fsp3) is 0.533. The summed E-state index contributed by atoms with van der Waals surface area (Å²) in [6, 6.07) is 8.50. The molecule has 0 aliphatic carbocycles. The Morgan fingerprint density at radius 1 is 1.42 bits per heavy atom. The Bertz CT molecular complexity index is 399. The minimum Gasteiger partial charge on any atom is -0.355 e. The number of aryl methyl sites for hydroxylation is 1. The number of amides is 1. The molecule has 0 spiro atoms. The van der Waals surface area contributed by atoms with Crippen molar-refractivity contribution < 1.29 is 4.79 Å². The molecule has 104 valence electrons. The van der Waals surface area contributed by atoms with E-state index in [9.17, 15) is 4.79 Å². The Hall–Kier alpha value is -1.00. The van der Waals surface area contributed by atoms with Gasteiger partial charge in [-0.15, -0.1) is 11.8 Å². The van der Waals surface area contributed by atoms with E-state index in [2.05, 4.69) is 41.8 Å². The number of hydrogen-bond acceptors (Lipinski definition) is 3. The van der Waals surface area contributed by atoms with Crippen LogP contribution in [0.25, 0.3) is 0 Å².